The molecule has 0 amide bonds. The molecule has 18 heavy (non-hydrogen) atoms. The van der Waals surface area contributed by atoms with Gasteiger partial charge in [-0.2, -0.15) is 0 Å². The largest absolute Gasteiger partial charge is 0.382 e. The first-order valence-electron chi connectivity index (χ1n) is 6.19. The lowest BCUT2D eigenvalue weighted by Gasteiger charge is -2.17. The molecule has 1 atom stereocenters. The summed E-state index contributed by atoms with van der Waals surface area (Å²) in [5.41, 5.74) is 1.63. The Labute approximate surface area is 108 Å². The van der Waals surface area contributed by atoms with Crippen molar-refractivity contribution in [1.29, 1.82) is 0 Å². The number of ether oxygens (including phenoxy) is 2. The SMILES string of the molecule is CNC(CCOCCOC)c1ccc(C)c(F)c1. The maximum atomic E-state index is 13.5. The molecule has 0 heterocycles. The van der Waals surface area contributed by atoms with E-state index in [4.69, 9.17) is 9.47 Å². The maximum absolute atomic E-state index is 13.5. The number of rotatable bonds is 8. The van der Waals surface area contributed by atoms with Gasteiger partial charge in [0.1, 0.15) is 5.82 Å². The zero-order valence-electron chi connectivity index (χ0n) is 11.3. The molecule has 0 spiro atoms. The Bertz CT molecular complexity index is 358. The van der Waals surface area contributed by atoms with E-state index in [9.17, 15) is 4.39 Å². The van der Waals surface area contributed by atoms with E-state index in [-0.39, 0.29) is 11.9 Å². The minimum atomic E-state index is -0.159. The van der Waals surface area contributed by atoms with Gasteiger partial charge in [0.15, 0.2) is 0 Å². The third-order valence-electron chi connectivity index (χ3n) is 2.93. The van der Waals surface area contributed by atoms with Crippen LogP contribution in [-0.4, -0.2) is 34.0 Å². The number of hydrogen-bond acceptors (Lipinski definition) is 3. The lowest BCUT2D eigenvalue weighted by Crippen LogP contribution is -2.19. The fourth-order valence-electron chi connectivity index (χ4n) is 1.75. The summed E-state index contributed by atoms with van der Waals surface area (Å²) < 4.78 is 23.8. The van der Waals surface area contributed by atoms with Crippen molar-refractivity contribution in [2.24, 2.45) is 0 Å². The zero-order chi connectivity index (χ0) is 13.4. The third-order valence-corrected chi connectivity index (χ3v) is 2.93. The van der Waals surface area contributed by atoms with Crippen LogP contribution in [0.3, 0.4) is 0 Å². The van der Waals surface area contributed by atoms with Crippen LogP contribution in [0.15, 0.2) is 18.2 Å². The topological polar surface area (TPSA) is 30.5 Å². The second-order valence-electron chi connectivity index (χ2n) is 4.24. The minimum Gasteiger partial charge on any atom is -0.382 e. The molecule has 0 aliphatic rings. The molecule has 0 saturated carbocycles. The van der Waals surface area contributed by atoms with Crippen molar-refractivity contribution in [1.82, 2.24) is 5.32 Å². The van der Waals surface area contributed by atoms with Crippen LogP contribution in [-0.2, 0) is 9.47 Å². The average molecular weight is 255 g/mol. The monoisotopic (exact) mass is 255 g/mol. The number of hydrogen-bond donors (Lipinski definition) is 1. The molecular weight excluding hydrogens is 233 g/mol. The van der Waals surface area contributed by atoms with Crippen LogP contribution in [0.25, 0.3) is 0 Å². The van der Waals surface area contributed by atoms with Gasteiger partial charge in [0.25, 0.3) is 0 Å². The number of methoxy groups -OCH3 is 1. The van der Waals surface area contributed by atoms with Crippen LogP contribution in [0.4, 0.5) is 4.39 Å². The molecule has 1 aromatic rings. The van der Waals surface area contributed by atoms with Crippen molar-refractivity contribution in [2.75, 3.05) is 34.0 Å². The molecule has 0 bridgehead atoms. The molecule has 0 radical (unpaired) electrons. The van der Waals surface area contributed by atoms with Crippen molar-refractivity contribution < 1.29 is 13.9 Å². The van der Waals surface area contributed by atoms with E-state index in [1.165, 1.54) is 0 Å². The molecule has 0 aromatic heterocycles. The Morgan fingerprint density at radius 2 is 2.06 bits per heavy atom. The van der Waals surface area contributed by atoms with E-state index < -0.39 is 0 Å². The van der Waals surface area contributed by atoms with Gasteiger partial charge in [0.2, 0.25) is 0 Å². The van der Waals surface area contributed by atoms with E-state index >= 15 is 0 Å². The number of halogens is 1. The molecular formula is C14H22FNO2. The zero-order valence-corrected chi connectivity index (χ0v) is 11.3. The van der Waals surface area contributed by atoms with Crippen LogP contribution >= 0.6 is 0 Å². The molecule has 0 fully saturated rings. The summed E-state index contributed by atoms with van der Waals surface area (Å²) in [5, 5.41) is 3.18. The first-order chi connectivity index (χ1) is 8.69. The average Bonchev–Trinajstić information content (AvgIpc) is 2.37. The van der Waals surface area contributed by atoms with E-state index in [1.54, 1.807) is 26.2 Å². The molecule has 4 heteroatoms. The smallest absolute Gasteiger partial charge is 0.126 e. The molecule has 102 valence electrons. The summed E-state index contributed by atoms with van der Waals surface area (Å²) in [5.74, 6) is -0.159. The van der Waals surface area contributed by atoms with Crippen LogP contribution in [0, 0.1) is 12.7 Å². The standard InChI is InChI=1S/C14H22FNO2/c1-11-4-5-12(10-13(11)15)14(16-2)6-7-18-9-8-17-3/h4-5,10,14,16H,6-9H2,1-3H3. The van der Waals surface area contributed by atoms with Gasteiger partial charge in [-0.25, -0.2) is 4.39 Å². The van der Waals surface area contributed by atoms with Gasteiger partial charge in [-0.3, -0.25) is 0 Å². The van der Waals surface area contributed by atoms with Gasteiger partial charge in [-0.1, -0.05) is 12.1 Å². The van der Waals surface area contributed by atoms with Crippen LogP contribution in [0.1, 0.15) is 23.6 Å². The van der Waals surface area contributed by atoms with E-state index in [0.717, 1.165) is 12.0 Å². The summed E-state index contributed by atoms with van der Waals surface area (Å²) >= 11 is 0. The second kappa shape index (κ2) is 8.19. The lowest BCUT2D eigenvalue weighted by molar-refractivity contribution is 0.0660. The van der Waals surface area contributed by atoms with E-state index in [1.807, 2.05) is 13.1 Å². The quantitative estimate of drug-likeness (QED) is 0.724. The molecule has 1 unspecified atom stereocenters. The fraction of sp³-hybridized carbons (Fsp3) is 0.571. The Morgan fingerprint density at radius 3 is 2.67 bits per heavy atom. The molecule has 1 aromatic carbocycles. The highest BCUT2D eigenvalue weighted by atomic mass is 19.1. The highest BCUT2D eigenvalue weighted by molar-refractivity contribution is 5.25. The highest BCUT2D eigenvalue weighted by Crippen LogP contribution is 2.19. The van der Waals surface area contributed by atoms with Crippen molar-refractivity contribution in [2.45, 2.75) is 19.4 Å². The summed E-state index contributed by atoms with van der Waals surface area (Å²) in [6.45, 7) is 3.59. The summed E-state index contributed by atoms with van der Waals surface area (Å²) in [6.07, 6.45) is 0.808. The Morgan fingerprint density at radius 1 is 1.28 bits per heavy atom. The summed E-state index contributed by atoms with van der Waals surface area (Å²) in [6, 6.07) is 5.46. The number of nitrogens with one attached hydrogen (secondary N) is 1. The predicted molar refractivity (Wildman–Crippen MR) is 70.2 cm³/mol. The lowest BCUT2D eigenvalue weighted by atomic mass is 10.0. The first-order valence-corrected chi connectivity index (χ1v) is 6.19. The van der Waals surface area contributed by atoms with Crippen LogP contribution in [0.2, 0.25) is 0 Å². The molecule has 0 aliphatic heterocycles. The molecule has 0 saturated heterocycles. The van der Waals surface area contributed by atoms with Gasteiger partial charge < -0.3 is 14.8 Å². The number of aryl methyl sites for hydroxylation is 1. The normalized spacial score (nSPS) is 12.7. The van der Waals surface area contributed by atoms with Crippen LogP contribution < -0.4 is 5.32 Å². The van der Waals surface area contributed by atoms with Gasteiger partial charge in [0, 0.05) is 19.8 Å². The molecule has 3 nitrogen and oxygen atoms in total. The maximum Gasteiger partial charge on any atom is 0.126 e. The van der Waals surface area contributed by atoms with Crippen LogP contribution in [0.5, 0.6) is 0 Å². The Hall–Kier alpha value is -0.970. The highest BCUT2D eigenvalue weighted by Gasteiger charge is 2.10. The Balaban J connectivity index is 2.47. The first kappa shape index (κ1) is 15.1. The van der Waals surface area contributed by atoms with Crippen molar-refractivity contribution in [3.63, 3.8) is 0 Å². The van der Waals surface area contributed by atoms with Crippen molar-refractivity contribution in [3.05, 3.63) is 35.1 Å². The molecule has 1 N–H and O–H groups in total. The van der Waals surface area contributed by atoms with E-state index in [2.05, 4.69) is 5.32 Å². The van der Waals surface area contributed by atoms with E-state index in [0.29, 0.717) is 25.4 Å². The van der Waals surface area contributed by atoms with Crippen molar-refractivity contribution in [3.8, 4) is 0 Å². The molecule has 0 aliphatic carbocycles. The summed E-state index contributed by atoms with van der Waals surface area (Å²) in [7, 11) is 3.52. The third kappa shape index (κ3) is 4.72. The Kier molecular flexibility index (Phi) is 6.86. The van der Waals surface area contributed by atoms with Crippen molar-refractivity contribution >= 4 is 0 Å². The molecule has 1 rings (SSSR count). The minimum absolute atomic E-state index is 0.114. The second-order valence-corrected chi connectivity index (χ2v) is 4.24. The fourth-order valence-corrected chi connectivity index (χ4v) is 1.75. The van der Waals surface area contributed by atoms with Gasteiger partial charge >= 0.3 is 0 Å². The summed E-state index contributed by atoms with van der Waals surface area (Å²) in [4.78, 5) is 0. The van der Waals surface area contributed by atoms with Gasteiger partial charge in [0.05, 0.1) is 13.2 Å². The van der Waals surface area contributed by atoms with Gasteiger partial charge in [-0.15, -0.1) is 0 Å². The predicted octanol–water partition coefficient (Wildman–Crippen LogP) is 2.45. The van der Waals surface area contributed by atoms with Gasteiger partial charge in [-0.05, 0) is 37.6 Å². The number of benzene rings is 1.